The molecule has 0 atom stereocenters. The number of anilines is 1. The molecule has 2 heterocycles. The Morgan fingerprint density at radius 3 is 2.68 bits per heavy atom. The summed E-state index contributed by atoms with van der Waals surface area (Å²) in [4.78, 5) is 12.4. The molecular formula is C18H14FN3O3. The Kier molecular flexibility index (Phi) is 3.61. The van der Waals surface area contributed by atoms with Crippen LogP contribution in [0.15, 0.2) is 48.5 Å². The lowest BCUT2D eigenvalue weighted by Crippen LogP contribution is -2.12. The molecule has 1 amide bonds. The van der Waals surface area contributed by atoms with Crippen molar-refractivity contribution in [3.8, 4) is 22.8 Å². The number of carbonyl (C=O) groups is 1. The Labute approximate surface area is 142 Å². The van der Waals surface area contributed by atoms with Gasteiger partial charge in [0.1, 0.15) is 5.82 Å². The summed E-state index contributed by atoms with van der Waals surface area (Å²) >= 11 is 0. The molecule has 3 aromatic rings. The van der Waals surface area contributed by atoms with Crippen molar-refractivity contribution in [2.24, 2.45) is 7.05 Å². The van der Waals surface area contributed by atoms with E-state index in [1.807, 2.05) is 18.2 Å². The zero-order chi connectivity index (χ0) is 17.4. The van der Waals surface area contributed by atoms with Crippen LogP contribution in [0.2, 0.25) is 0 Å². The van der Waals surface area contributed by atoms with Crippen molar-refractivity contribution >= 4 is 11.6 Å². The lowest BCUT2D eigenvalue weighted by atomic mass is 10.1. The summed E-state index contributed by atoms with van der Waals surface area (Å²) in [6.45, 7) is 0.204. The van der Waals surface area contributed by atoms with Crippen LogP contribution in [-0.2, 0) is 7.05 Å². The van der Waals surface area contributed by atoms with Crippen molar-refractivity contribution in [3.05, 3.63) is 60.0 Å². The van der Waals surface area contributed by atoms with Crippen LogP contribution in [0.5, 0.6) is 11.5 Å². The van der Waals surface area contributed by atoms with E-state index in [9.17, 15) is 9.18 Å². The number of hydrogen-bond donors (Lipinski definition) is 1. The smallest absolute Gasteiger partial charge is 0.276 e. The molecule has 1 aromatic heterocycles. The number of nitrogens with zero attached hydrogens (tertiary/aromatic N) is 2. The van der Waals surface area contributed by atoms with Crippen LogP contribution in [0.4, 0.5) is 10.1 Å². The first-order valence-electron chi connectivity index (χ1n) is 7.61. The number of hydrogen-bond acceptors (Lipinski definition) is 4. The number of rotatable bonds is 3. The van der Waals surface area contributed by atoms with Crippen LogP contribution in [0.1, 0.15) is 10.5 Å². The summed E-state index contributed by atoms with van der Waals surface area (Å²) in [6, 6.07) is 12.8. The topological polar surface area (TPSA) is 65.4 Å². The summed E-state index contributed by atoms with van der Waals surface area (Å²) in [6.07, 6.45) is 0. The molecule has 1 aliphatic heterocycles. The second-order valence-corrected chi connectivity index (χ2v) is 5.57. The van der Waals surface area contributed by atoms with E-state index in [-0.39, 0.29) is 24.2 Å². The summed E-state index contributed by atoms with van der Waals surface area (Å²) < 4.78 is 25.2. The van der Waals surface area contributed by atoms with Gasteiger partial charge in [-0.2, -0.15) is 5.10 Å². The Bertz CT molecular complexity index is 951. The largest absolute Gasteiger partial charge is 0.454 e. The van der Waals surface area contributed by atoms with E-state index in [1.165, 1.54) is 24.3 Å². The van der Waals surface area contributed by atoms with E-state index < -0.39 is 0 Å². The maximum Gasteiger partial charge on any atom is 0.276 e. The second-order valence-electron chi connectivity index (χ2n) is 5.57. The van der Waals surface area contributed by atoms with Crippen molar-refractivity contribution in [1.29, 1.82) is 0 Å². The molecule has 0 fully saturated rings. The molecule has 126 valence electrons. The Morgan fingerprint density at radius 2 is 1.88 bits per heavy atom. The SMILES string of the molecule is Cn1nc(C(=O)Nc2ccc(F)cc2)cc1-c1ccc2c(c1)OCO2. The number of halogens is 1. The van der Waals surface area contributed by atoms with Crippen molar-refractivity contribution in [2.75, 3.05) is 12.1 Å². The summed E-state index contributed by atoms with van der Waals surface area (Å²) in [7, 11) is 1.76. The van der Waals surface area contributed by atoms with E-state index in [4.69, 9.17) is 9.47 Å². The number of aryl methyl sites for hydroxylation is 1. The number of fused-ring (bicyclic) bond motifs is 1. The zero-order valence-corrected chi connectivity index (χ0v) is 13.3. The number of carbonyl (C=O) groups excluding carboxylic acids is 1. The predicted octanol–water partition coefficient (Wildman–Crippen LogP) is 3.21. The molecule has 0 bridgehead atoms. The molecule has 0 aliphatic carbocycles. The third kappa shape index (κ3) is 2.91. The zero-order valence-electron chi connectivity index (χ0n) is 13.3. The number of benzene rings is 2. The van der Waals surface area contributed by atoms with Crippen molar-refractivity contribution in [3.63, 3.8) is 0 Å². The molecule has 0 radical (unpaired) electrons. The molecule has 0 saturated heterocycles. The fourth-order valence-electron chi connectivity index (χ4n) is 2.63. The molecular weight excluding hydrogens is 325 g/mol. The van der Waals surface area contributed by atoms with Gasteiger partial charge in [-0.15, -0.1) is 0 Å². The van der Waals surface area contributed by atoms with Crippen LogP contribution in [0.3, 0.4) is 0 Å². The van der Waals surface area contributed by atoms with Crippen molar-refractivity contribution in [1.82, 2.24) is 9.78 Å². The van der Waals surface area contributed by atoms with Crippen LogP contribution < -0.4 is 14.8 Å². The van der Waals surface area contributed by atoms with Gasteiger partial charge in [-0.1, -0.05) is 0 Å². The standard InChI is InChI=1S/C18H14FN3O3/c1-22-15(11-2-7-16-17(8-11)25-10-24-16)9-14(21-22)18(23)20-13-5-3-12(19)4-6-13/h2-9H,10H2,1H3,(H,20,23). The number of nitrogens with one attached hydrogen (secondary N) is 1. The van der Waals surface area contributed by atoms with Gasteiger partial charge in [-0.3, -0.25) is 9.48 Å². The lowest BCUT2D eigenvalue weighted by Gasteiger charge is -2.03. The molecule has 6 nitrogen and oxygen atoms in total. The molecule has 7 heteroatoms. The molecule has 0 saturated carbocycles. The maximum atomic E-state index is 12.9. The van der Waals surface area contributed by atoms with E-state index in [0.29, 0.717) is 17.2 Å². The highest BCUT2D eigenvalue weighted by Gasteiger charge is 2.18. The minimum Gasteiger partial charge on any atom is -0.454 e. The third-order valence-corrected chi connectivity index (χ3v) is 3.88. The average molecular weight is 339 g/mol. The highest BCUT2D eigenvalue weighted by atomic mass is 19.1. The van der Waals surface area contributed by atoms with Gasteiger partial charge in [0, 0.05) is 18.3 Å². The summed E-state index contributed by atoms with van der Waals surface area (Å²) in [5.74, 6) is 0.631. The predicted molar refractivity (Wildman–Crippen MR) is 89.1 cm³/mol. The van der Waals surface area contributed by atoms with E-state index in [1.54, 1.807) is 17.8 Å². The van der Waals surface area contributed by atoms with Gasteiger partial charge < -0.3 is 14.8 Å². The Balaban J connectivity index is 1.59. The van der Waals surface area contributed by atoms with Crippen LogP contribution in [-0.4, -0.2) is 22.5 Å². The Hall–Kier alpha value is -3.35. The first-order chi connectivity index (χ1) is 12.1. The first-order valence-corrected chi connectivity index (χ1v) is 7.61. The Morgan fingerprint density at radius 1 is 1.12 bits per heavy atom. The van der Waals surface area contributed by atoms with E-state index >= 15 is 0 Å². The molecule has 0 spiro atoms. The van der Waals surface area contributed by atoms with Gasteiger partial charge >= 0.3 is 0 Å². The van der Waals surface area contributed by atoms with Crippen LogP contribution >= 0.6 is 0 Å². The van der Waals surface area contributed by atoms with E-state index in [0.717, 1.165) is 11.3 Å². The van der Waals surface area contributed by atoms with E-state index in [2.05, 4.69) is 10.4 Å². The van der Waals surface area contributed by atoms with Gasteiger partial charge in [0.05, 0.1) is 5.69 Å². The van der Waals surface area contributed by atoms with Crippen molar-refractivity contribution in [2.45, 2.75) is 0 Å². The average Bonchev–Trinajstić information content (AvgIpc) is 3.22. The monoisotopic (exact) mass is 339 g/mol. The van der Waals surface area contributed by atoms with Gasteiger partial charge in [0.2, 0.25) is 6.79 Å². The molecule has 25 heavy (non-hydrogen) atoms. The highest BCUT2D eigenvalue weighted by molar-refractivity contribution is 6.03. The first kappa shape index (κ1) is 15.2. The minimum absolute atomic E-state index is 0.204. The number of aromatic nitrogens is 2. The maximum absolute atomic E-state index is 12.9. The van der Waals surface area contributed by atoms with Crippen LogP contribution in [0, 0.1) is 5.82 Å². The lowest BCUT2D eigenvalue weighted by molar-refractivity contribution is 0.102. The molecule has 4 rings (SSSR count). The summed E-state index contributed by atoms with van der Waals surface area (Å²) in [5.41, 5.74) is 2.39. The fourth-order valence-corrected chi connectivity index (χ4v) is 2.63. The number of amides is 1. The summed E-state index contributed by atoms with van der Waals surface area (Å²) in [5, 5.41) is 6.95. The molecule has 1 N–H and O–H groups in total. The van der Waals surface area contributed by atoms with Crippen molar-refractivity contribution < 1.29 is 18.7 Å². The van der Waals surface area contributed by atoms with Gasteiger partial charge in [-0.25, -0.2) is 4.39 Å². The quantitative estimate of drug-likeness (QED) is 0.796. The normalized spacial score (nSPS) is 12.2. The third-order valence-electron chi connectivity index (χ3n) is 3.88. The second kappa shape index (κ2) is 5.94. The van der Waals surface area contributed by atoms with Gasteiger partial charge in [0.15, 0.2) is 17.2 Å². The molecule has 2 aromatic carbocycles. The fraction of sp³-hybridized carbons (Fsp3) is 0.111. The molecule has 0 unspecified atom stereocenters. The number of ether oxygens (including phenoxy) is 2. The molecule has 1 aliphatic rings. The van der Waals surface area contributed by atoms with Crippen LogP contribution in [0.25, 0.3) is 11.3 Å². The van der Waals surface area contributed by atoms with Gasteiger partial charge in [-0.05, 0) is 48.5 Å². The van der Waals surface area contributed by atoms with Gasteiger partial charge in [0.25, 0.3) is 5.91 Å². The minimum atomic E-state index is -0.366. The highest BCUT2D eigenvalue weighted by Crippen LogP contribution is 2.35.